The van der Waals surface area contributed by atoms with E-state index in [1.54, 1.807) is 36.4 Å². The van der Waals surface area contributed by atoms with Crippen molar-refractivity contribution in [3.63, 3.8) is 0 Å². The predicted octanol–water partition coefficient (Wildman–Crippen LogP) is 3.74. The van der Waals surface area contributed by atoms with Crippen molar-refractivity contribution in [2.45, 2.75) is 24.8 Å². The van der Waals surface area contributed by atoms with Gasteiger partial charge in [0.2, 0.25) is 0 Å². The van der Waals surface area contributed by atoms with Crippen LogP contribution in [0.3, 0.4) is 0 Å². The topological polar surface area (TPSA) is 85.4 Å². The fraction of sp³-hybridized carbons (Fsp3) is 0.222. The number of amides is 1. The van der Waals surface area contributed by atoms with Crippen LogP contribution in [0.25, 0.3) is 10.2 Å². The van der Waals surface area contributed by atoms with Crippen molar-refractivity contribution in [3.05, 3.63) is 48.0 Å². The van der Waals surface area contributed by atoms with Gasteiger partial charge in [-0.3, -0.25) is 10.1 Å². The summed E-state index contributed by atoms with van der Waals surface area (Å²) in [6.07, 6.45) is 1.22. The van der Waals surface area contributed by atoms with Gasteiger partial charge in [0, 0.05) is 11.8 Å². The Kier molecular flexibility index (Phi) is 4.97. The number of thiazole rings is 1. The normalized spacial score (nSPS) is 11.7. The van der Waals surface area contributed by atoms with Crippen LogP contribution in [0.15, 0.2) is 47.4 Å². The first kappa shape index (κ1) is 18.3. The van der Waals surface area contributed by atoms with Crippen LogP contribution in [0.2, 0.25) is 0 Å². The molecule has 3 aromatic rings. The monoisotopic (exact) mass is 390 g/mol. The summed E-state index contributed by atoms with van der Waals surface area (Å²) in [5, 5.41) is 3.16. The van der Waals surface area contributed by atoms with E-state index >= 15 is 0 Å². The minimum Gasteiger partial charge on any atom is -0.491 e. The van der Waals surface area contributed by atoms with Gasteiger partial charge in [0.15, 0.2) is 15.0 Å². The molecule has 0 bridgehead atoms. The fourth-order valence-electron chi connectivity index (χ4n) is 2.32. The molecule has 1 aromatic heterocycles. The average molecular weight is 390 g/mol. The van der Waals surface area contributed by atoms with E-state index in [1.165, 1.54) is 17.4 Å². The number of anilines is 1. The molecule has 8 heteroatoms. The summed E-state index contributed by atoms with van der Waals surface area (Å²) in [6.45, 7) is 3.87. The molecule has 1 heterocycles. The molecule has 136 valence electrons. The summed E-state index contributed by atoms with van der Waals surface area (Å²) < 4.78 is 29.5. The average Bonchev–Trinajstić information content (AvgIpc) is 2.95. The Labute approximate surface area is 155 Å². The number of nitrogens with zero attached hydrogens (tertiary/aromatic N) is 1. The molecule has 0 atom stereocenters. The number of fused-ring (bicyclic) bond motifs is 1. The van der Waals surface area contributed by atoms with Crippen molar-refractivity contribution < 1.29 is 17.9 Å². The minimum atomic E-state index is -3.28. The van der Waals surface area contributed by atoms with Crippen LogP contribution in [-0.2, 0) is 9.84 Å². The molecule has 26 heavy (non-hydrogen) atoms. The number of hydrogen-bond acceptors (Lipinski definition) is 6. The molecule has 6 nitrogen and oxygen atoms in total. The molecule has 0 spiro atoms. The minimum absolute atomic E-state index is 0.0641. The van der Waals surface area contributed by atoms with Gasteiger partial charge in [-0.2, -0.15) is 0 Å². The molecule has 0 aliphatic carbocycles. The Morgan fingerprint density at radius 1 is 1.15 bits per heavy atom. The van der Waals surface area contributed by atoms with E-state index < -0.39 is 9.84 Å². The Bertz CT molecular complexity index is 1050. The lowest BCUT2D eigenvalue weighted by Gasteiger charge is -2.09. The maximum atomic E-state index is 12.4. The zero-order chi connectivity index (χ0) is 18.9. The molecule has 2 aromatic carbocycles. The maximum Gasteiger partial charge on any atom is 0.257 e. The highest BCUT2D eigenvalue weighted by Gasteiger charge is 2.13. The lowest BCUT2D eigenvalue weighted by Crippen LogP contribution is -2.11. The second-order valence-electron chi connectivity index (χ2n) is 6.07. The standard InChI is InChI=1S/C18H18N2O4S2/c1-11(2)24-13-6-4-12(5-7-13)17(21)20-18-19-15-9-8-14(26(3,22)23)10-16(15)25-18/h4-11H,1-3H3,(H,19,20,21). The molecular formula is C18H18N2O4S2. The van der Waals surface area contributed by atoms with E-state index in [1.807, 2.05) is 13.8 Å². The first-order valence-corrected chi connectivity index (χ1v) is 10.6. The van der Waals surface area contributed by atoms with Crippen LogP contribution in [0.4, 0.5) is 5.13 Å². The fourth-order valence-corrected chi connectivity index (χ4v) is 3.94. The molecule has 3 rings (SSSR count). The van der Waals surface area contributed by atoms with Crippen molar-refractivity contribution >= 4 is 42.4 Å². The van der Waals surface area contributed by atoms with Gasteiger partial charge in [-0.05, 0) is 56.3 Å². The van der Waals surface area contributed by atoms with Crippen LogP contribution in [0.5, 0.6) is 5.75 Å². The molecule has 0 saturated heterocycles. The lowest BCUT2D eigenvalue weighted by atomic mass is 10.2. The van der Waals surface area contributed by atoms with Crippen molar-refractivity contribution in [2.75, 3.05) is 11.6 Å². The summed E-state index contributed by atoms with van der Waals surface area (Å²) in [7, 11) is -3.28. The third kappa shape index (κ3) is 4.20. The van der Waals surface area contributed by atoms with Gasteiger partial charge in [0.1, 0.15) is 5.75 Å². The lowest BCUT2D eigenvalue weighted by molar-refractivity contribution is 0.102. The number of sulfone groups is 1. The molecule has 0 unspecified atom stereocenters. The highest BCUT2D eigenvalue weighted by molar-refractivity contribution is 7.90. The molecule has 0 aliphatic rings. The second-order valence-corrected chi connectivity index (χ2v) is 9.11. The number of benzene rings is 2. The highest BCUT2D eigenvalue weighted by atomic mass is 32.2. The molecule has 1 N–H and O–H groups in total. The summed E-state index contributed by atoms with van der Waals surface area (Å²) in [6, 6.07) is 11.6. The number of nitrogens with one attached hydrogen (secondary N) is 1. The summed E-state index contributed by atoms with van der Waals surface area (Å²) >= 11 is 1.23. The van der Waals surface area contributed by atoms with Crippen molar-refractivity contribution in [1.82, 2.24) is 4.98 Å². The molecule has 0 radical (unpaired) electrons. The Morgan fingerprint density at radius 2 is 1.85 bits per heavy atom. The predicted molar refractivity (Wildman–Crippen MR) is 103 cm³/mol. The van der Waals surface area contributed by atoms with Crippen LogP contribution >= 0.6 is 11.3 Å². The first-order valence-electron chi connectivity index (χ1n) is 7.91. The molecular weight excluding hydrogens is 372 g/mol. The van der Waals surface area contributed by atoms with Crippen molar-refractivity contribution in [1.29, 1.82) is 0 Å². The van der Waals surface area contributed by atoms with E-state index in [0.29, 0.717) is 26.7 Å². The van der Waals surface area contributed by atoms with Gasteiger partial charge in [-0.1, -0.05) is 11.3 Å². The van der Waals surface area contributed by atoms with Crippen molar-refractivity contribution in [2.24, 2.45) is 0 Å². The first-order chi connectivity index (χ1) is 12.2. The largest absolute Gasteiger partial charge is 0.491 e. The molecule has 1 amide bonds. The number of aromatic nitrogens is 1. The van der Waals surface area contributed by atoms with E-state index in [-0.39, 0.29) is 16.9 Å². The van der Waals surface area contributed by atoms with E-state index in [0.717, 1.165) is 6.26 Å². The third-order valence-electron chi connectivity index (χ3n) is 3.50. The highest BCUT2D eigenvalue weighted by Crippen LogP contribution is 2.28. The third-order valence-corrected chi connectivity index (χ3v) is 5.54. The number of carbonyl (C=O) groups is 1. The zero-order valence-corrected chi connectivity index (χ0v) is 16.1. The number of carbonyl (C=O) groups excluding carboxylic acids is 1. The van der Waals surface area contributed by atoms with Gasteiger partial charge in [0.25, 0.3) is 5.91 Å². The number of rotatable bonds is 5. The summed E-state index contributed by atoms with van der Waals surface area (Å²) in [5.74, 6) is 0.410. The number of hydrogen-bond donors (Lipinski definition) is 1. The SMILES string of the molecule is CC(C)Oc1ccc(C(=O)Nc2nc3ccc(S(C)(=O)=O)cc3s2)cc1. The molecule has 0 saturated carbocycles. The van der Waals surface area contributed by atoms with Crippen LogP contribution < -0.4 is 10.1 Å². The van der Waals surface area contributed by atoms with Crippen molar-refractivity contribution in [3.8, 4) is 5.75 Å². The van der Waals surface area contributed by atoms with Crippen LogP contribution in [0.1, 0.15) is 24.2 Å². The second kappa shape index (κ2) is 7.05. The Balaban J connectivity index is 1.78. The van der Waals surface area contributed by atoms with E-state index in [2.05, 4.69) is 10.3 Å². The van der Waals surface area contributed by atoms with Gasteiger partial charge in [0.05, 0.1) is 21.2 Å². The summed E-state index contributed by atoms with van der Waals surface area (Å²) in [5.41, 5.74) is 1.12. The van der Waals surface area contributed by atoms with E-state index in [9.17, 15) is 13.2 Å². The molecule has 0 fully saturated rings. The maximum absolute atomic E-state index is 12.4. The van der Waals surface area contributed by atoms with Crippen LogP contribution in [-0.4, -0.2) is 31.7 Å². The Morgan fingerprint density at radius 3 is 2.46 bits per heavy atom. The smallest absolute Gasteiger partial charge is 0.257 e. The van der Waals surface area contributed by atoms with E-state index in [4.69, 9.17) is 4.74 Å². The summed E-state index contributed by atoms with van der Waals surface area (Å²) in [4.78, 5) is 16.9. The number of ether oxygens (including phenoxy) is 1. The zero-order valence-electron chi connectivity index (χ0n) is 14.5. The van der Waals surface area contributed by atoms with Gasteiger partial charge in [-0.15, -0.1) is 0 Å². The van der Waals surface area contributed by atoms with Gasteiger partial charge in [-0.25, -0.2) is 13.4 Å². The quantitative estimate of drug-likeness (QED) is 0.717. The van der Waals surface area contributed by atoms with Gasteiger partial charge >= 0.3 is 0 Å². The van der Waals surface area contributed by atoms with Gasteiger partial charge < -0.3 is 4.74 Å². The molecule has 0 aliphatic heterocycles. The Hall–Kier alpha value is -2.45. The van der Waals surface area contributed by atoms with Crippen LogP contribution in [0, 0.1) is 0 Å².